The van der Waals surface area contributed by atoms with Crippen molar-refractivity contribution in [1.29, 1.82) is 0 Å². The maximum atomic E-state index is 13.4. The zero-order chi connectivity index (χ0) is 21.7. The Morgan fingerprint density at radius 3 is 2.48 bits per heavy atom. The molecular weight excluding hydrogens is 411 g/mol. The van der Waals surface area contributed by atoms with Gasteiger partial charge in [-0.3, -0.25) is 9.59 Å². The molecule has 0 aliphatic heterocycles. The number of phenolic OH excluding ortho intramolecular Hbond substituents is 1. The Hall–Kier alpha value is -2.66. The Morgan fingerprint density at radius 1 is 1.21 bits per heavy atom. The number of benzene rings is 1. The van der Waals surface area contributed by atoms with E-state index in [1.807, 2.05) is 0 Å². The van der Waals surface area contributed by atoms with E-state index in [1.165, 1.54) is 36.6 Å². The van der Waals surface area contributed by atoms with Gasteiger partial charge in [-0.25, -0.2) is 4.98 Å². The first kappa shape index (κ1) is 22.6. The summed E-state index contributed by atoms with van der Waals surface area (Å²) in [6, 6.07) is 5.72. The van der Waals surface area contributed by atoms with Crippen LogP contribution in [0.25, 0.3) is 0 Å². The summed E-state index contributed by atoms with van der Waals surface area (Å²) < 4.78 is 40.1. The van der Waals surface area contributed by atoms with Crippen molar-refractivity contribution in [2.24, 2.45) is 0 Å². The number of nitrogens with one attached hydrogen (secondary N) is 2. The summed E-state index contributed by atoms with van der Waals surface area (Å²) in [4.78, 5) is 27.5. The Morgan fingerprint density at radius 2 is 1.90 bits per heavy atom. The van der Waals surface area contributed by atoms with Gasteiger partial charge in [0, 0.05) is 29.7 Å². The third kappa shape index (κ3) is 5.91. The molecule has 1 aromatic carbocycles. The minimum Gasteiger partial charge on any atom is -0.508 e. The monoisotopic (exact) mass is 431 g/mol. The number of nitrogens with zero attached hydrogens (tertiary/aromatic N) is 1. The molecule has 0 aliphatic rings. The number of hydrogen-bond donors (Lipinski definition) is 4. The molecule has 29 heavy (non-hydrogen) atoms. The molecule has 0 spiro atoms. The third-order valence-electron chi connectivity index (χ3n) is 3.93. The van der Waals surface area contributed by atoms with Crippen molar-refractivity contribution in [3.63, 3.8) is 0 Å². The maximum Gasteiger partial charge on any atom is 0.424 e. The highest BCUT2D eigenvalue weighted by molar-refractivity contribution is 7.09. The standard InChI is InChI=1S/C18H20F3N3O4S/c1-11-10-29-16(24-11)17(28,18(19,20)21)9-14(26)22-6-3-7-23-15(27)12-4-2-5-13(25)8-12/h2,4-5,8,10,25,28H,3,6-7,9H2,1H3,(H,22,26)(H,23,27). The second-order valence-electron chi connectivity index (χ2n) is 6.34. The number of aromatic hydroxyl groups is 1. The van der Waals surface area contributed by atoms with Gasteiger partial charge in [0.15, 0.2) is 0 Å². The van der Waals surface area contributed by atoms with Crippen LogP contribution in [0, 0.1) is 6.92 Å². The first-order chi connectivity index (χ1) is 13.5. The minimum atomic E-state index is -5.07. The fraction of sp³-hybridized carbons (Fsp3) is 0.389. The average molecular weight is 431 g/mol. The summed E-state index contributed by atoms with van der Waals surface area (Å²) >= 11 is 0.633. The summed E-state index contributed by atoms with van der Waals surface area (Å²) in [5.74, 6) is -1.48. The maximum absolute atomic E-state index is 13.4. The molecule has 2 rings (SSSR count). The molecular formula is C18H20F3N3O4S. The van der Waals surface area contributed by atoms with E-state index in [4.69, 9.17) is 0 Å². The normalized spacial score (nSPS) is 13.6. The van der Waals surface area contributed by atoms with Crippen LogP contribution in [0.2, 0.25) is 0 Å². The zero-order valence-corrected chi connectivity index (χ0v) is 16.2. The largest absolute Gasteiger partial charge is 0.508 e. The molecule has 2 amide bonds. The molecule has 0 radical (unpaired) electrons. The van der Waals surface area contributed by atoms with Crippen LogP contribution >= 0.6 is 11.3 Å². The Kier molecular flexibility index (Phi) is 7.20. The lowest BCUT2D eigenvalue weighted by Crippen LogP contribution is -2.46. The number of phenols is 1. The summed E-state index contributed by atoms with van der Waals surface area (Å²) in [6.07, 6.45) is -6.01. The topological polar surface area (TPSA) is 112 Å². The fourth-order valence-corrected chi connectivity index (χ4v) is 3.32. The van der Waals surface area contributed by atoms with Crippen molar-refractivity contribution in [2.45, 2.75) is 31.5 Å². The van der Waals surface area contributed by atoms with E-state index in [0.29, 0.717) is 17.0 Å². The van der Waals surface area contributed by atoms with Crippen LogP contribution in [0.5, 0.6) is 5.75 Å². The molecule has 0 aliphatic carbocycles. The molecule has 7 nitrogen and oxygen atoms in total. The van der Waals surface area contributed by atoms with Crippen LogP contribution in [0.1, 0.15) is 33.9 Å². The van der Waals surface area contributed by atoms with E-state index in [1.54, 1.807) is 0 Å². The van der Waals surface area contributed by atoms with Crippen LogP contribution in [0.4, 0.5) is 13.2 Å². The average Bonchev–Trinajstić information content (AvgIpc) is 3.07. The molecule has 0 saturated heterocycles. The number of carbonyl (C=O) groups excluding carboxylic acids is 2. The number of aryl methyl sites for hydroxylation is 1. The SMILES string of the molecule is Cc1csc(C(O)(CC(=O)NCCCNC(=O)c2cccc(O)c2)C(F)(F)F)n1. The third-order valence-corrected chi connectivity index (χ3v) is 5.04. The second-order valence-corrected chi connectivity index (χ2v) is 7.20. The number of aliphatic hydroxyl groups is 1. The van der Waals surface area contributed by atoms with Crippen LogP contribution in [0.3, 0.4) is 0 Å². The summed E-state index contributed by atoms with van der Waals surface area (Å²) in [5, 5.41) is 25.1. The molecule has 11 heteroatoms. The van der Waals surface area contributed by atoms with Crippen molar-refractivity contribution >= 4 is 23.2 Å². The molecule has 1 atom stereocenters. The number of carbonyl (C=O) groups is 2. The van der Waals surface area contributed by atoms with Gasteiger partial charge in [0.1, 0.15) is 10.8 Å². The van der Waals surface area contributed by atoms with E-state index in [-0.39, 0.29) is 30.8 Å². The van der Waals surface area contributed by atoms with Gasteiger partial charge in [-0.1, -0.05) is 6.07 Å². The van der Waals surface area contributed by atoms with Gasteiger partial charge in [0.2, 0.25) is 11.5 Å². The number of rotatable bonds is 8. The van der Waals surface area contributed by atoms with Crippen LogP contribution in [0.15, 0.2) is 29.6 Å². The van der Waals surface area contributed by atoms with E-state index in [2.05, 4.69) is 15.6 Å². The Labute approximate surface area is 168 Å². The predicted molar refractivity (Wildman–Crippen MR) is 99.5 cm³/mol. The van der Waals surface area contributed by atoms with E-state index in [9.17, 15) is 33.0 Å². The highest BCUT2D eigenvalue weighted by Crippen LogP contribution is 2.42. The molecule has 158 valence electrons. The highest BCUT2D eigenvalue weighted by Gasteiger charge is 2.58. The summed E-state index contributed by atoms with van der Waals surface area (Å²) in [6.45, 7) is 1.65. The number of hydrogen-bond acceptors (Lipinski definition) is 6. The van der Waals surface area contributed by atoms with E-state index in [0.717, 1.165) is 0 Å². The molecule has 0 fully saturated rings. The first-order valence-corrected chi connectivity index (χ1v) is 9.46. The van der Waals surface area contributed by atoms with Gasteiger partial charge >= 0.3 is 6.18 Å². The number of aromatic nitrogens is 1. The van der Waals surface area contributed by atoms with E-state index >= 15 is 0 Å². The summed E-state index contributed by atoms with van der Waals surface area (Å²) in [5.41, 5.74) is -2.79. The lowest BCUT2D eigenvalue weighted by Gasteiger charge is -2.27. The second kappa shape index (κ2) is 9.23. The van der Waals surface area contributed by atoms with Crippen molar-refractivity contribution in [3.8, 4) is 5.75 Å². The van der Waals surface area contributed by atoms with Gasteiger partial charge < -0.3 is 20.8 Å². The zero-order valence-electron chi connectivity index (χ0n) is 15.4. The van der Waals surface area contributed by atoms with Crippen molar-refractivity contribution in [2.75, 3.05) is 13.1 Å². The van der Waals surface area contributed by atoms with Crippen molar-refractivity contribution < 1.29 is 33.0 Å². The van der Waals surface area contributed by atoms with Crippen LogP contribution < -0.4 is 10.6 Å². The van der Waals surface area contributed by atoms with Crippen molar-refractivity contribution in [1.82, 2.24) is 15.6 Å². The number of alkyl halides is 3. The predicted octanol–water partition coefficient (Wildman–Crippen LogP) is 2.23. The minimum absolute atomic E-state index is 0.00396. The molecule has 4 N–H and O–H groups in total. The quantitative estimate of drug-likeness (QED) is 0.479. The molecule has 1 heterocycles. The van der Waals surface area contributed by atoms with E-state index < -0.39 is 35.0 Å². The summed E-state index contributed by atoms with van der Waals surface area (Å²) in [7, 11) is 0. The molecule has 1 aromatic heterocycles. The van der Waals surface area contributed by atoms with Gasteiger partial charge in [-0.05, 0) is 31.5 Å². The lowest BCUT2D eigenvalue weighted by atomic mass is 9.99. The van der Waals surface area contributed by atoms with Crippen LogP contribution in [-0.2, 0) is 10.4 Å². The van der Waals surface area contributed by atoms with Crippen LogP contribution in [-0.4, -0.2) is 46.3 Å². The van der Waals surface area contributed by atoms with Gasteiger partial charge in [0.05, 0.1) is 6.42 Å². The van der Waals surface area contributed by atoms with Gasteiger partial charge in [-0.2, -0.15) is 13.2 Å². The highest BCUT2D eigenvalue weighted by atomic mass is 32.1. The smallest absolute Gasteiger partial charge is 0.424 e. The molecule has 0 saturated carbocycles. The van der Waals surface area contributed by atoms with Crippen molar-refractivity contribution in [3.05, 3.63) is 45.9 Å². The fourth-order valence-electron chi connectivity index (χ4n) is 2.40. The first-order valence-electron chi connectivity index (χ1n) is 8.58. The van der Waals surface area contributed by atoms with Gasteiger partial charge in [-0.15, -0.1) is 11.3 Å². The number of thiazole rings is 1. The lowest BCUT2D eigenvalue weighted by molar-refractivity contribution is -0.267. The van der Waals surface area contributed by atoms with Gasteiger partial charge in [0.25, 0.3) is 5.91 Å². The number of amides is 2. The molecule has 2 aromatic rings. The Balaban J connectivity index is 1.82. The molecule has 1 unspecified atom stereocenters. The molecule has 0 bridgehead atoms. The Bertz CT molecular complexity index is 872. The number of halogens is 3.